The Kier molecular flexibility index (Phi) is 7.44. The van der Waals surface area contributed by atoms with Crippen molar-refractivity contribution in [1.29, 1.82) is 0 Å². The number of rotatable bonds is 7. The van der Waals surface area contributed by atoms with Crippen LogP contribution in [0.2, 0.25) is 18.1 Å². The summed E-state index contributed by atoms with van der Waals surface area (Å²) in [5.74, 6) is 0.156. The molecular formula is C26H36BBrFN3O4Si. The predicted octanol–water partition coefficient (Wildman–Crippen LogP) is 6.07. The van der Waals surface area contributed by atoms with E-state index in [9.17, 15) is 4.39 Å². The molecule has 1 aliphatic rings. The van der Waals surface area contributed by atoms with E-state index in [1.54, 1.807) is 16.8 Å². The molecule has 1 unspecified atom stereocenters. The van der Waals surface area contributed by atoms with Crippen LogP contribution in [0.4, 0.5) is 4.39 Å². The first kappa shape index (κ1) is 28.2. The molecule has 0 aromatic carbocycles. The molecule has 37 heavy (non-hydrogen) atoms. The smallest absolute Gasteiger partial charge is 0.479 e. The maximum atomic E-state index is 13.7. The quantitative estimate of drug-likeness (QED) is 0.311. The summed E-state index contributed by atoms with van der Waals surface area (Å²) in [7, 11) is -2.71. The monoisotopic (exact) mass is 591 g/mol. The fourth-order valence-corrected chi connectivity index (χ4v) is 5.12. The Bertz CT molecular complexity index is 1260. The van der Waals surface area contributed by atoms with Gasteiger partial charge in [-0.25, -0.2) is 8.91 Å². The molecular weight excluding hydrogens is 556 g/mol. The molecule has 0 spiro atoms. The van der Waals surface area contributed by atoms with Crippen LogP contribution in [0.3, 0.4) is 0 Å². The number of fused-ring (bicyclic) bond motifs is 1. The third kappa shape index (κ3) is 5.66. The van der Waals surface area contributed by atoms with Gasteiger partial charge in [0.2, 0.25) is 0 Å². The second kappa shape index (κ2) is 9.75. The summed E-state index contributed by atoms with van der Waals surface area (Å²) in [4.78, 5) is 4.32. The minimum Gasteiger partial charge on any atom is -0.479 e. The zero-order chi connectivity index (χ0) is 27.4. The van der Waals surface area contributed by atoms with Crippen molar-refractivity contribution < 1.29 is 22.9 Å². The molecule has 1 fully saturated rings. The largest absolute Gasteiger partial charge is 0.498 e. The van der Waals surface area contributed by atoms with Crippen LogP contribution < -0.4 is 10.2 Å². The van der Waals surface area contributed by atoms with Gasteiger partial charge >= 0.3 is 7.12 Å². The molecule has 3 aromatic heterocycles. The van der Waals surface area contributed by atoms with Gasteiger partial charge in [-0.2, -0.15) is 5.10 Å². The van der Waals surface area contributed by atoms with E-state index >= 15 is 0 Å². The van der Waals surface area contributed by atoms with Crippen molar-refractivity contribution in [2.75, 3.05) is 6.61 Å². The summed E-state index contributed by atoms with van der Waals surface area (Å²) in [6.45, 7) is 19.3. The Labute approximate surface area is 228 Å². The van der Waals surface area contributed by atoms with Crippen LogP contribution in [0.1, 0.15) is 60.3 Å². The van der Waals surface area contributed by atoms with Gasteiger partial charge in [-0.15, -0.1) is 0 Å². The summed E-state index contributed by atoms with van der Waals surface area (Å²) in [6.07, 6.45) is 4.22. The Hall–Kier alpha value is -1.79. The summed E-state index contributed by atoms with van der Waals surface area (Å²) >= 11 is 3.57. The highest BCUT2D eigenvalue weighted by molar-refractivity contribution is 9.10. The first-order chi connectivity index (χ1) is 17.0. The Balaban J connectivity index is 1.74. The lowest BCUT2D eigenvalue weighted by atomic mass is 9.80. The fourth-order valence-electron chi connectivity index (χ4n) is 3.72. The average Bonchev–Trinajstić information content (AvgIpc) is 3.28. The number of aromatic nitrogens is 3. The minimum atomic E-state index is -2.09. The fraction of sp³-hybridized carbons (Fsp3) is 0.538. The first-order valence-electron chi connectivity index (χ1n) is 12.5. The summed E-state index contributed by atoms with van der Waals surface area (Å²) in [6, 6.07) is 4.90. The highest BCUT2D eigenvalue weighted by Gasteiger charge is 2.52. The molecule has 0 saturated carbocycles. The molecule has 0 bridgehead atoms. The van der Waals surface area contributed by atoms with Crippen LogP contribution in [0.5, 0.6) is 5.75 Å². The Morgan fingerprint density at radius 3 is 2.35 bits per heavy atom. The number of halogens is 2. The zero-order valence-corrected chi connectivity index (χ0v) is 25.6. The van der Waals surface area contributed by atoms with Gasteiger partial charge < -0.3 is 18.5 Å². The van der Waals surface area contributed by atoms with Crippen molar-refractivity contribution in [2.24, 2.45) is 0 Å². The number of ether oxygens (including phenoxy) is 1. The molecule has 0 amide bonds. The number of pyridine rings is 2. The van der Waals surface area contributed by atoms with Crippen LogP contribution in [0.15, 0.2) is 41.3 Å². The van der Waals surface area contributed by atoms with E-state index in [4.69, 9.17) is 18.5 Å². The van der Waals surface area contributed by atoms with E-state index in [0.717, 1.165) is 15.5 Å². The van der Waals surface area contributed by atoms with Crippen LogP contribution in [-0.2, 0) is 13.7 Å². The molecule has 3 aromatic rings. The third-order valence-corrected chi connectivity index (χ3v) is 12.8. The molecule has 0 aliphatic carbocycles. The van der Waals surface area contributed by atoms with Gasteiger partial charge in [0.05, 0.1) is 29.7 Å². The maximum absolute atomic E-state index is 13.7. The van der Waals surface area contributed by atoms with Gasteiger partial charge in [-0.05, 0) is 80.0 Å². The van der Waals surface area contributed by atoms with Gasteiger partial charge in [0, 0.05) is 22.3 Å². The first-order valence-corrected chi connectivity index (χ1v) is 16.2. The Morgan fingerprint density at radius 2 is 1.78 bits per heavy atom. The van der Waals surface area contributed by atoms with Crippen molar-refractivity contribution in [3.8, 4) is 5.75 Å². The minimum absolute atomic E-state index is 0.0200. The van der Waals surface area contributed by atoms with Crippen molar-refractivity contribution in [1.82, 2.24) is 14.6 Å². The summed E-state index contributed by atoms with van der Waals surface area (Å²) < 4.78 is 42.0. The average molecular weight is 592 g/mol. The zero-order valence-electron chi connectivity index (χ0n) is 23.1. The highest BCUT2D eigenvalue weighted by atomic mass is 79.9. The van der Waals surface area contributed by atoms with E-state index in [-0.39, 0.29) is 11.6 Å². The topological polar surface area (TPSA) is 67.1 Å². The van der Waals surface area contributed by atoms with Gasteiger partial charge in [0.1, 0.15) is 17.1 Å². The molecule has 0 radical (unpaired) electrons. The summed E-state index contributed by atoms with van der Waals surface area (Å²) in [5, 5.41) is 4.57. The molecule has 0 N–H and O–H groups in total. The molecule has 1 saturated heterocycles. The summed E-state index contributed by atoms with van der Waals surface area (Å²) in [5.41, 5.74) is 1.06. The Morgan fingerprint density at radius 1 is 1.14 bits per heavy atom. The van der Waals surface area contributed by atoms with E-state index in [2.05, 4.69) is 59.9 Å². The normalized spacial score (nSPS) is 18.4. The molecule has 1 aliphatic heterocycles. The molecule has 4 rings (SSSR count). The predicted molar refractivity (Wildman–Crippen MR) is 149 cm³/mol. The van der Waals surface area contributed by atoms with Gasteiger partial charge in [0.15, 0.2) is 14.4 Å². The van der Waals surface area contributed by atoms with Gasteiger partial charge in [-0.3, -0.25) is 4.98 Å². The number of hydrogen-bond acceptors (Lipinski definition) is 6. The molecule has 7 nitrogen and oxygen atoms in total. The van der Waals surface area contributed by atoms with Crippen LogP contribution in [0, 0.1) is 5.82 Å². The van der Waals surface area contributed by atoms with Crippen LogP contribution in [0.25, 0.3) is 5.52 Å². The second-order valence-corrected chi connectivity index (χ2v) is 17.8. The maximum Gasteiger partial charge on any atom is 0.498 e. The van der Waals surface area contributed by atoms with Crippen molar-refractivity contribution in [2.45, 2.75) is 83.9 Å². The van der Waals surface area contributed by atoms with E-state index < -0.39 is 38.6 Å². The second-order valence-electron chi connectivity index (χ2n) is 12.1. The van der Waals surface area contributed by atoms with Crippen molar-refractivity contribution >= 4 is 42.3 Å². The molecule has 1 atom stereocenters. The lowest BCUT2D eigenvalue weighted by molar-refractivity contribution is 0.00578. The van der Waals surface area contributed by atoms with Gasteiger partial charge in [-0.1, -0.05) is 20.8 Å². The molecule has 11 heteroatoms. The van der Waals surface area contributed by atoms with E-state index in [0.29, 0.717) is 11.4 Å². The van der Waals surface area contributed by atoms with E-state index in [1.165, 1.54) is 12.3 Å². The van der Waals surface area contributed by atoms with Crippen LogP contribution >= 0.6 is 15.9 Å². The standard InChI is InChI=1S/C26H36BBrFN3O4Si/c1-24(2,3)37(8,9)33-16-22(20-11-10-18(29)13-30-20)34-21-12-17(28)15-32-23(21)19(14-31-32)27-35-25(4,5)26(6,7)36-27/h10-15,22H,16H2,1-9H3. The number of nitrogens with zero attached hydrogens (tertiary/aromatic N) is 3. The number of hydrogen-bond donors (Lipinski definition) is 0. The van der Waals surface area contributed by atoms with Crippen molar-refractivity contribution in [3.63, 3.8) is 0 Å². The molecule has 200 valence electrons. The molecule has 4 heterocycles. The lowest BCUT2D eigenvalue weighted by Gasteiger charge is -2.37. The SMILES string of the molecule is CC1(C)OB(c2cnn3cc(Br)cc(OC(CO[Si](C)(C)C(C)(C)C)c4ccc(F)cn4)c23)OC1(C)C. The van der Waals surface area contributed by atoms with E-state index in [1.807, 2.05) is 40.0 Å². The third-order valence-electron chi connectivity index (χ3n) is 7.83. The lowest BCUT2D eigenvalue weighted by Crippen LogP contribution is -2.42. The highest BCUT2D eigenvalue weighted by Crippen LogP contribution is 2.39. The van der Waals surface area contributed by atoms with Crippen molar-refractivity contribution in [3.05, 3.63) is 52.8 Å². The van der Waals surface area contributed by atoms with Crippen LogP contribution in [-0.4, -0.2) is 47.8 Å². The van der Waals surface area contributed by atoms with Gasteiger partial charge in [0.25, 0.3) is 0 Å².